The second kappa shape index (κ2) is 6.79. The van der Waals surface area contributed by atoms with E-state index in [0.717, 1.165) is 17.5 Å². The molecule has 0 bridgehead atoms. The maximum absolute atomic E-state index is 11.4. The molecule has 5 nitrogen and oxygen atoms in total. The standard InChI is InChI=1S/C18H17N3O2/c19-18-16(23-9-7-13-4-2-1-3-5-13)10-15(12-21-18)14-6-8-20-17(22)11-14/h1-6,8,10-12H,7,9H2,(H2,19,21)(H,20,22). The minimum Gasteiger partial charge on any atom is -0.489 e. The van der Waals surface area contributed by atoms with Crippen molar-refractivity contribution < 1.29 is 4.74 Å². The lowest BCUT2D eigenvalue weighted by atomic mass is 10.1. The molecule has 0 aliphatic rings. The molecule has 116 valence electrons. The van der Waals surface area contributed by atoms with Crippen molar-refractivity contribution in [2.24, 2.45) is 0 Å². The number of H-pyrrole nitrogens is 1. The van der Waals surface area contributed by atoms with Gasteiger partial charge in [0.05, 0.1) is 6.61 Å². The smallest absolute Gasteiger partial charge is 0.248 e. The van der Waals surface area contributed by atoms with E-state index in [1.807, 2.05) is 30.3 Å². The van der Waals surface area contributed by atoms with Gasteiger partial charge >= 0.3 is 0 Å². The third-order valence-corrected chi connectivity index (χ3v) is 3.48. The summed E-state index contributed by atoms with van der Waals surface area (Å²) in [6, 6.07) is 15.2. The van der Waals surface area contributed by atoms with Crippen LogP contribution in [0.2, 0.25) is 0 Å². The summed E-state index contributed by atoms with van der Waals surface area (Å²) in [6.45, 7) is 0.509. The highest BCUT2D eigenvalue weighted by Gasteiger charge is 2.06. The van der Waals surface area contributed by atoms with Gasteiger partial charge in [-0.05, 0) is 23.3 Å². The lowest BCUT2D eigenvalue weighted by Gasteiger charge is -2.10. The number of nitrogens with zero attached hydrogens (tertiary/aromatic N) is 1. The molecular formula is C18H17N3O2. The summed E-state index contributed by atoms with van der Waals surface area (Å²) in [7, 11) is 0. The van der Waals surface area contributed by atoms with Crippen LogP contribution in [-0.4, -0.2) is 16.6 Å². The Labute approximate surface area is 133 Å². The number of anilines is 1. The van der Waals surface area contributed by atoms with Gasteiger partial charge in [-0.25, -0.2) is 4.98 Å². The highest BCUT2D eigenvalue weighted by molar-refractivity contribution is 5.66. The second-order valence-corrected chi connectivity index (χ2v) is 5.13. The molecule has 0 saturated heterocycles. The maximum atomic E-state index is 11.4. The van der Waals surface area contributed by atoms with Crippen molar-refractivity contribution in [3.63, 3.8) is 0 Å². The van der Waals surface area contributed by atoms with Crippen LogP contribution in [0.15, 0.2) is 65.7 Å². The first-order valence-electron chi connectivity index (χ1n) is 7.34. The molecule has 0 aliphatic carbocycles. The number of rotatable bonds is 5. The number of nitrogens with one attached hydrogen (secondary N) is 1. The zero-order valence-electron chi connectivity index (χ0n) is 12.5. The molecule has 5 heteroatoms. The van der Waals surface area contributed by atoms with Gasteiger partial charge in [0.1, 0.15) is 0 Å². The predicted molar refractivity (Wildman–Crippen MR) is 90.3 cm³/mol. The predicted octanol–water partition coefficient (Wildman–Crippen LogP) is 2.64. The SMILES string of the molecule is Nc1ncc(-c2cc[nH]c(=O)c2)cc1OCCc1ccccc1. The van der Waals surface area contributed by atoms with E-state index in [4.69, 9.17) is 10.5 Å². The normalized spacial score (nSPS) is 10.4. The molecule has 0 amide bonds. The van der Waals surface area contributed by atoms with Crippen LogP contribution in [0.3, 0.4) is 0 Å². The van der Waals surface area contributed by atoms with E-state index in [-0.39, 0.29) is 5.56 Å². The largest absolute Gasteiger partial charge is 0.489 e. The molecule has 0 fully saturated rings. The van der Waals surface area contributed by atoms with Gasteiger partial charge in [0.25, 0.3) is 0 Å². The number of hydrogen-bond acceptors (Lipinski definition) is 4. The summed E-state index contributed by atoms with van der Waals surface area (Å²) < 4.78 is 5.76. The fourth-order valence-corrected chi connectivity index (χ4v) is 2.28. The highest BCUT2D eigenvalue weighted by Crippen LogP contribution is 2.26. The molecule has 0 aliphatic heterocycles. The van der Waals surface area contributed by atoms with Crippen LogP contribution < -0.4 is 16.0 Å². The summed E-state index contributed by atoms with van der Waals surface area (Å²) in [6.07, 6.45) is 4.02. The Morgan fingerprint density at radius 2 is 1.91 bits per heavy atom. The molecule has 0 unspecified atom stereocenters. The van der Waals surface area contributed by atoms with Gasteiger partial charge in [-0.15, -0.1) is 0 Å². The van der Waals surface area contributed by atoms with Crippen molar-refractivity contribution in [3.8, 4) is 16.9 Å². The summed E-state index contributed by atoms with van der Waals surface area (Å²) in [5, 5.41) is 0. The molecule has 3 N–H and O–H groups in total. The molecule has 2 heterocycles. The number of ether oxygens (including phenoxy) is 1. The fourth-order valence-electron chi connectivity index (χ4n) is 2.28. The van der Waals surface area contributed by atoms with Crippen LogP contribution >= 0.6 is 0 Å². The molecule has 23 heavy (non-hydrogen) atoms. The Morgan fingerprint density at radius 3 is 2.70 bits per heavy atom. The number of pyridine rings is 2. The van der Waals surface area contributed by atoms with Crippen LogP contribution in [0.5, 0.6) is 5.75 Å². The highest BCUT2D eigenvalue weighted by atomic mass is 16.5. The molecule has 0 spiro atoms. The first kappa shape index (κ1) is 14.8. The average Bonchev–Trinajstić information content (AvgIpc) is 2.57. The van der Waals surface area contributed by atoms with E-state index in [9.17, 15) is 4.79 Å². The topological polar surface area (TPSA) is 81.0 Å². The molecule has 0 saturated carbocycles. The first-order chi connectivity index (χ1) is 11.2. The monoisotopic (exact) mass is 307 g/mol. The number of hydrogen-bond donors (Lipinski definition) is 2. The summed E-state index contributed by atoms with van der Waals surface area (Å²) in [5.74, 6) is 0.866. The van der Waals surface area contributed by atoms with Gasteiger partial charge in [-0.1, -0.05) is 30.3 Å². The number of nitrogen functional groups attached to an aromatic ring is 1. The van der Waals surface area contributed by atoms with Crippen LogP contribution in [0.4, 0.5) is 5.82 Å². The quantitative estimate of drug-likeness (QED) is 0.759. The zero-order chi connectivity index (χ0) is 16.1. The van der Waals surface area contributed by atoms with Gasteiger partial charge in [0, 0.05) is 30.4 Å². The van der Waals surface area contributed by atoms with Crippen molar-refractivity contribution >= 4 is 5.82 Å². The molecule has 0 atom stereocenters. The van der Waals surface area contributed by atoms with Crippen LogP contribution in [-0.2, 0) is 6.42 Å². The Hall–Kier alpha value is -3.08. The van der Waals surface area contributed by atoms with E-state index in [1.165, 1.54) is 11.6 Å². The van der Waals surface area contributed by atoms with E-state index in [0.29, 0.717) is 18.2 Å². The second-order valence-electron chi connectivity index (χ2n) is 5.13. The Kier molecular flexibility index (Phi) is 4.38. The number of nitrogens with two attached hydrogens (primary N) is 1. The third-order valence-electron chi connectivity index (χ3n) is 3.48. The van der Waals surface area contributed by atoms with Crippen LogP contribution in [0.1, 0.15) is 5.56 Å². The zero-order valence-corrected chi connectivity index (χ0v) is 12.5. The third kappa shape index (κ3) is 3.77. The van der Waals surface area contributed by atoms with Crippen molar-refractivity contribution in [1.82, 2.24) is 9.97 Å². The average molecular weight is 307 g/mol. The van der Waals surface area contributed by atoms with Crippen molar-refractivity contribution in [1.29, 1.82) is 0 Å². The van der Waals surface area contributed by atoms with Crippen molar-refractivity contribution in [3.05, 3.63) is 76.8 Å². The van der Waals surface area contributed by atoms with Crippen LogP contribution in [0.25, 0.3) is 11.1 Å². The molecule has 3 aromatic rings. The van der Waals surface area contributed by atoms with Gasteiger partial charge in [0.15, 0.2) is 11.6 Å². The Bertz CT molecular complexity index is 844. The maximum Gasteiger partial charge on any atom is 0.248 e. The van der Waals surface area contributed by atoms with Gasteiger partial charge in [0.2, 0.25) is 5.56 Å². The summed E-state index contributed by atoms with van der Waals surface area (Å²) >= 11 is 0. The fraction of sp³-hybridized carbons (Fsp3) is 0.111. The first-order valence-corrected chi connectivity index (χ1v) is 7.34. The van der Waals surface area contributed by atoms with E-state index in [1.54, 1.807) is 12.4 Å². The molecule has 1 aromatic carbocycles. The Balaban J connectivity index is 1.74. The number of aromatic amines is 1. The number of benzene rings is 1. The van der Waals surface area contributed by atoms with Gasteiger partial charge in [-0.2, -0.15) is 0 Å². The molecule has 0 radical (unpaired) electrons. The summed E-state index contributed by atoms with van der Waals surface area (Å²) in [5.41, 5.74) is 8.47. The lowest BCUT2D eigenvalue weighted by molar-refractivity contribution is 0.323. The van der Waals surface area contributed by atoms with Crippen LogP contribution in [0, 0.1) is 0 Å². The summed E-state index contributed by atoms with van der Waals surface area (Å²) in [4.78, 5) is 18.2. The van der Waals surface area contributed by atoms with E-state index >= 15 is 0 Å². The number of aromatic nitrogens is 2. The lowest BCUT2D eigenvalue weighted by Crippen LogP contribution is -2.05. The molecule has 2 aromatic heterocycles. The van der Waals surface area contributed by atoms with E-state index < -0.39 is 0 Å². The van der Waals surface area contributed by atoms with E-state index in [2.05, 4.69) is 22.1 Å². The van der Waals surface area contributed by atoms with Crippen molar-refractivity contribution in [2.45, 2.75) is 6.42 Å². The van der Waals surface area contributed by atoms with Gasteiger partial charge in [-0.3, -0.25) is 4.79 Å². The van der Waals surface area contributed by atoms with Crippen molar-refractivity contribution in [2.75, 3.05) is 12.3 Å². The minimum absolute atomic E-state index is 0.161. The Morgan fingerprint density at radius 1 is 1.09 bits per heavy atom. The molecular weight excluding hydrogens is 290 g/mol. The van der Waals surface area contributed by atoms with Gasteiger partial charge < -0.3 is 15.5 Å². The minimum atomic E-state index is -0.161. The molecule has 3 rings (SSSR count).